The number of amides is 1. The number of nitrogens with zero attached hydrogens (tertiary/aromatic N) is 6. The number of hydrogen-bond acceptors (Lipinski definition) is 7. The van der Waals surface area contributed by atoms with Gasteiger partial charge in [-0.3, -0.25) is 14.9 Å². The van der Waals surface area contributed by atoms with Crippen LogP contribution in [0.3, 0.4) is 0 Å². The molecule has 10 heteroatoms. The Morgan fingerprint density at radius 2 is 1.86 bits per heavy atom. The maximum atomic E-state index is 13.0. The van der Waals surface area contributed by atoms with Crippen LogP contribution in [-0.2, 0) is 0 Å². The lowest BCUT2D eigenvalue weighted by atomic mass is 10.1. The summed E-state index contributed by atoms with van der Waals surface area (Å²) in [5.41, 5.74) is 1.90. The maximum Gasteiger partial charge on any atom is 0.292 e. The van der Waals surface area contributed by atoms with Gasteiger partial charge in [-0.2, -0.15) is 0 Å². The molecule has 0 spiro atoms. The Labute approximate surface area is 168 Å². The second-order valence-corrected chi connectivity index (χ2v) is 7.47. The average molecular weight is 399 g/mol. The van der Waals surface area contributed by atoms with Crippen molar-refractivity contribution in [3.05, 3.63) is 45.8 Å². The number of carbonyl (C=O) groups excluding carboxylic acids is 1. The van der Waals surface area contributed by atoms with Crippen molar-refractivity contribution in [2.45, 2.75) is 25.8 Å². The van der Waals surface area contributed by atoms with Gasteiger partial charge in [0.25, 0.3) is 11.6 Å². The van der Waals surface area contributed by atoms with Crippen molar-refractivity contribution in [1.29, 1.82) is 0 Å². The third-order valence-corrected chi connectivity index (χ3v) is 5.77. The Morgan fingerprint density at radius 3 is 2.55 bits per heavy atom. The molecule has 1 amide bonds. The van der Waals surface area contributed by atoms with Crippen LogP contribution in [0.1, 0.15) is 35.1 Å². The third kappa shape index (κ3) is 3.80. The van der Waals surface area contributed by atoms with Gasteiger partial charge >= 0.3 is 0 Å². The number of carbonyl (C=O) groups is 1. The van der Waals surface area contributed by atoms with Crippen LogP contribution in [0.2, 0.25) is 0 Å². The average Bonchev–Trinajstić information content (AvgIpc) is 3.15. The molecule has 4 rings (SSSR count). The molecule has 1 N–H and O–H groups in total. The number of piperidine rings is 1. The molecule has 0 aliphatic carbocycles. The van der Waals surface area contributed by atoms with E-state index in [1.807, 2.05) is 16.5 Å². The van der Waals surface area contributed by atoms with Gasteiger partial charge in [0, 0.05) is 32.2 Å². The van der Waals surface area contributed by atoms with Crippen LogP contribution in [0.5, 0.6) is 0 Å². The van der Waals surface area contributed by atoms with E-state index in [9.17, 15) is 14.9 Å². The van der Waals surface area contributed by atoms with Gasteiger partial charge in [0.1, 0.15) is 5.69 Å². The minimum atomic E-state index is -0.366. The van der Waals surface area contributed by atoms with E-state index in [4.69, 9.17) is 0 Å². The molecule has 0 radical (unpaired) electrons. The van der Waals surface area contributed by atoms with E-state index in [-0.39, 0.29) is 22.6 Å². The normalized spacial score (nSPS) is 18.1. The number of nitrogens with one attached hydrogen (secondary N) is 1. The number of rotatable bonds is 4. The number of piperazine rings is 1. The summed E-state index contributed by atoms with van der Waals surface area (Å²) in [5.74, 6) is -0.120. The molecule has 2 aromatic rings. The number of aromatic nitrogens is 3. The summed E-state index contributed by atoms with van der Waals surface area (Å²) in [7, 11) is 0. The first-order valence-corrected chi connectivity index (χ1v) is 9.96. The predicted octanol–water partition coefficient (Wildman–Crippen LogP) is 1.38. The molecule has 0 saturated carbocycles. The molecule has 3 heterocycles. The summed E-state index contributed by atoms with van der Waals surface area (Å²) in [5, 5.41) is 23.0. The molecular weight excluding hydrogens is 374 g/mol. The van der Waals surface area contributed by atoms with Crippen molar-refractivity contribution >= 4 is 17.3 Å². The molecule has 0 atom stereocenters. The highest BCUT2D eigenvalue weighted by molar-refractivity contribution is 5.93. The van der Waals surface area contributed by atoms with Crippen LogP contribution in [0.25, 0.3) is 0 Å². The zero-order chi connectivity index (χ0) is 20.4. The Bertz CT molecular complexity index is 899. The van der Waals surface area contributed by atoms with Crippen LogP contribution in [-0.4, -0.2) is 70.0 Å². The van der Waals surface area contributed by atoms with Crippen LogP contribution in [0.15, 0.2) is 24.3 Å². The van der Waals surface area contributed by atoms with Crippen molar-refractivity contribution in [3.8, 4) is 0 Å². The smallest absolute Gasteiger partial charge is 0.292 e. The van der Waals surface area contributed by atoms with Crippen LogP contribution >= 0.6 is 0 Å². The van der Waals surface area contributed by atoms with Crippen LogP contribution in [0.4, 0.5) is 11.4 Å². The minimum Gasteiger partial charge on any atom is -0.362 e. The zero-order valence-electron chi connectivity index (χ0n) is 16.5. The van der Waals surface area contributed by atoms with E-state index in [2.05, 4.69) is 15.6 Å². The molecule has 10 nitrogen and oxygen atoms in total. The Kier molecular flexibility index (Phi) is 5.43. The molecule has 154 valence electrons. The second-order valence-electron chi connectivity index (χ2n) is 7.47. The highest BCUT2D eigenvalue weighted by atomic mass is 16.6. The van der Waals surface area contributed by atoms with Crippen molar-refractivity contribution in [3.63, 3.8) is 0 Å². The largest absolute Gasteiger partial charge is 0.362 e. The van der Waals surface area contributed by atoms with Gasteiger partial charge in [-0.1, -0.05) is 17.3 Å². The number of benzene rings is 1. The van der Waals surface area contributed by atoms with E-state index >= 15 is 0 Å². The summed E-state index contributed by atoms with van der Waals surface area (Å²) >= 11 is 0. The van der Waals surface area contributed by atoms with Gasteiger partial charge in [-0.15, -0.1) is 5.10 Å². The highest BCUT2D eigenvalue weighted by Gasteiger charge is 2.29. The molecule has 29 heavy (non-hydrogen) atoms. The summed E-state index contributed by atoms with van der Waals surface area (Å²) in [6.45, 7) is 5.85. The molecule has 2 saturated heterocycles. The van der Waals surface area contributed by atoms with Gasteiger partial charge in [-0.25, -0.2) is 4.68 Å². The molecule has 2 aliphatic heterocycles. The molecule has 2 aliphatic rings. The standard InChI is InChI=1S/C19H25N7O3/c1-14-18(21-22-25(14)15-6-8-20-9-7-15)19(27)24-12-10-23(11-13-24)16-4-2-3-5-17(16)26(28)29/h2-5,15,20H,6-13H2,1H3. The third-order valence-electron chi connectivity index (χ3n) is 5.77. The quantitative estimate of drug-likeness (QED) is 0.611. The maximum absolute atomic E-state index is 13.0. The number of anilines is 1. The first kappa shape index (κ1) is 19.3. The SMILES string of the molecule is Cc1c(C(=O)N2CCN(c3ccccc3[N+](=O)[O-])CC2)nnn1C1CCNCC1. The fourth-order valence-corrected chi connectivity index (χ4v) is 4.12. The minimum absolute atomic E-state index is 0.0908. The number of para-hydroxylation sites is 2. The summed E-state index contributed by atoms with van der Waals surface area (Å²) in [6, 6.07) is 7.00. The van der Waals surface area contributed by atoms with E-state index in [1.54, 1.807) is 23.1 Å². The lowest BCUT2D eigenvalue weighted by molar-refractivity contribution is -0.384. The first-order chi connectivity index (χ1) is 14.1. The molecule has 1 aromatic carbocycles. The summed E-state index contributed by atoms with van der Waals surface area (Å²) in [6.07, 6.45) is 1.96. The molecule has 1 aromatic heterocycles. The van der Waals surface area contributed by atoms with Crippen LogP contribution in [0, 0.1) is 17.0 Å². The van der Waals surface area contributed by atoms with Gasteiger partial charge in [-0.05, 0) is 38.9 Å². The lowest BCUT2D eigenvalue weighted by Crippen LogP contribution is -2.49. The van der Waals surface area contributed by atoms with E-state index in [1.165, 1.54) is 6.07 Å². The number of hydrogen-bond donors (Lipinski definition) is 1. The van der Waals surface area contributed by atoms with Crippen molar-refractivity contribution in [2.24, 2.45) is 0 Å². The van der Waals surface area contributed by atoms with E-state index < -0.39 is 0 Å². The topological polar surface area (TPSA) is 109 Å². The lowest BCUT2D eigenvalue weighted by Gasteiger charge is -2.35. The van der Waals surface area contributed by atoms with E-state index in [0.717, 1.165) is 31.6 Å². The van der Waals surface area contributed by atoms with Gasteiger partial charge in [0.05, 0.1) is 16.7 Å². The van der Waals surface area contributed by atoms with Crippen LogP contribution < -0.4 is 10.2 Å². The Hall–Kier alpha value is -3.01. The summed E-state index contributed by atoms with van der Waals surface area (Å²) in [4.78, 5) is 27.6. The van der Waals surface area contributed by atoms with Gasteiger partial charge in [0.15, 0.2) is 5.69 Å². The number of nitro benzene ring substituents is 1. The fourth-order valence-electron chi connectivity index (χ4n) is 4.12. The zero-order valence-corrected chi connectivity index (χ0v) is 16.5. The first-order valence-electron chi connectivity index (χ1n) is 9.96. The molecular formula is C19H25N7O3. The van der Waals surface area contributed by atoms with Crippen molar-refractivity contribution < 1.29 is 9.72 Å². The molecule has 0 unspecified atom stereocenters. The van der Waals surface area contributed by atoms with Crippen molar-refractivity contribution in [1.82, 2.24) is 25.2 Å². The van der Waals surface area contributed by atoms with Gasteiger partial charge in [0.2, 0.25) is 0 Å². The van der Waals surface area contributed by atoms with Crippen molar-refractivity contribution in [2.75, 3.05) is 44.2 Å². The fraction of sp³-hybridized carbons (Fsp3) is 0.526. The Balaban J connectivity index is 1.43. The Morgan fingerprint density at radius 1 is 1.17 bits per heavy atom. The highest BCUT2D eigenvalue weighted by Crippen LogP contribution is 2.28. The molecule has 2 fully saturated rings. The predicted molar refractivity (Wildman–Crippen MR) is 107 cm³/mol. The summed E-state index contributed by atoms with van der Waals surface area (Å²) < 4.78 is 1.89. The molecule has 0 bridgehead atoms. The number of nitro groups is 1. The second kappa shape index (κ2) is 8.16. The van der Waals surface area contributed by atoms with Gasteiger partial charge < -0.3 is 15.1 Å². The monoisotopic (exact) mass is 399 g/mol. The van der Waals surface area contributed by atoms with E-state index in [0.29, 0.717) is 37.6 Å².